The van der Waals surface area contributed by atoms with Crippen LogP contribution in [0.5, 0.6) is 0 Å². The van der Waals surface area contributed by atoms with Crippen molar-refractivity contribution in [3.8, 4) is 0 Å². The zero-order valence-corrected chi connectivity index (χ0v) is 20.0. The van der Waals surface area contributed by atoms with Crippen LogP contribution in [-0.2, 0) is 28.5 Å². The highest BCUT2D eigenvalue weighted by Crippen LogP contribution is 2.38. The maximum absolute atomic E-state index is 12.5. The summed E-state index contributed by atoms with van der Waals surface area (Å²) in [5, 5.41) is 21.8. The number of carbonyl (C=O) groups is 1. The first-order chi connectivity index (χ1) is 16.5. The maximum Gasteiger partial charge on any atom is 0.135 e. The lowest BCUT2D eigenvalue weighted by Gasteiger charge is -2.48. The Morgan fingerprint density at radius 2 is 1.56 bits per heavy atom. The molecule has 2 unspecified atom stereocenters. The van der Waals surface area contributed by atoms with Gasteiger partial charge >= 0.3 is 0 Å². The van der Waals surface area contributed by atoms with Crippen molar-refractivity contribution >= 4 is 5.78 Å². The predicted molar refractivity (Wildman–Crippen MR) is 122 cm³/mol. The van der Waals surface area contributed by atoms with Crippen LogP contribution in [0.4, 0.5) is 0 Å². The molecule has 5 heterocycles. The molecule has 34 heavy (non-hydrogen) atoms. The van der Waals surface area contributed by atoms with Gasteiger partial charge in [-0.15, -0.1) is 0 Å². The van der Waals surface area contributed by atoms with Gasteiger partial charge in [0.2, 0.25) is 0 Å². The van der Waals surface area contributed by atoms with Crippen molar-refractivity contribution < 1.29 is 38.7 Å². The van der Waals surface area contributed by atoms with Gasteiger partial charge in [0.15, 0.2) is 0 Å². The molecule has 0 radical (unpaired) electrons. The van der Waals surface area contributed by atoms with Gasteiger partial charge in [-0.1, -0.05) is 6.58 Å². The third-order valence-corrected chi connectivity index (χ3v) is 8.20. The summed E-state index contributed by atoms with van der Waals surface area (Å²) in [7, 11) is 0. The second kappa shape index (κ2) is 11.0. The molecule has 0 aromatic rings. The number of carbonyl (C=O) groups excluding carboxylic acids is 1. The topological polar surface area (TPSA) is 104 Å². The standard InChI is InChI=1S/C26H40O8/c1-15-10-19(31-13-15)3-2-18-4-6-21(32-18)26-24(29)23(28)25-22(34-26)7-5-20(33-25)12-17(27)11-16-8-9-30-14-16/h16,18-26,28-29H,1-14H2/t16-,18+,19-,20+,21-,22-,23+,24-,25?,26?/m0/s1. The minimum Gasteiger partial charge on any atom is -0.387 e. The van der Waals surface area contributed by atoms with E-state index in [1.165, 1.54) is 0 Å². The van der Waals surface area contributed by atoms with Crippen LogP contribution in [0.25, 0.3) is 0 Å². The van der Waals surface area contributed by atoms with E-state index in [2.05, 4.69) is 6.58 Å². The first-order valence-electron chi connectivity index (χ1n) is 13.2. The molecule has 8 heteroatoms. The Hall–Kier alpha value is -0.870. The van der Waals surface area contributed by atoms with Crippen molar-refractivity contribution in [1.82, 2.24) is 0 Å². The molecule has 0 aromatic carbocycles. The van der Waals surface area contributed by atoms with Crippen LogP contribution < -0.4 is 0 Å². The Morgan fingerprint density at radius 3 is 2.26 bits per heavy atom. The van der Waals surface area contributed by atoms with E-state index >= 15 is 0 Å². The molecule has 0 amide bonds. The number of aliphatic hydroxyl groups is 2. The molecule has 5 rings (SSSR count). The monoisotopic (exact) mass is 480 g/mol. The predicted octanol–water partition coefficient (Wildman–Crippen LogP) is 2.08. The summed E-state index contributed by atoms with van der Waals surface area (Å²) in [4.78, 5) is 12.5. The van der Waals surface area contributed by atoms with Crippen LogP contribution in [0.15, 0.2) is 12.2 Å². The van der Waals surface area contributed by atoms with Crippen molar-refractivity contribution in [3.05, 3.63) is 12.2 Å². The zero-order chi connectivity index (χ0) is 23.7. The Balaban J connectivity index is 1.09. The fraction of sp³-hybridized carbons (Fsp3) is 0.885. The molecule has 0 saturated carbocycles. The zero-order valence-electron chi connectivity index (χ0n) is 20.0. The van der Waals surface area contributed by atoms with Crippen molar-refractivity contribution in [2.24, 2.45) is 5.92 Å². The van der Waals surface area contributed by atoms with Gasteiger partial charge in [0.05, 0.1) is 37.1 Å². The van der Waals surface area contributed by atoms with Gasteiger partial charge in [-0.05, 0) is 62.9 Å². The van der Waals surface area contributed by atoms with E-state index in [0.717, 1.165) is 50.7 Å². The third-order valence-electron chi connectivity index (χ3n) is 8.20. The van der Waals surface area contributed by atoms with Gasteiger partial charge in [0, 0.05) is 26.1 Å². The number of hydrogen-bond acceptors (Lipinski definition) is 8. The highest BCUT2D eigenvalue weighted by Gasteiger charge is 2.51. The second-order valence-corrected chi connectivity index (χ2v) is 10.9. The quantitative estimate of drug-likeness (QED) is 0.509. The van der Waals surface area contributed by atoms with Crippen LogP contribution in [0.2, 0.25) is 0 Å². The fourth-order valence-corrected chi connectivity index (χ4v) is 6.29. The Morgan fingerprint density at radius 1 is 0.853 bits per heavy atom. The van der Waals surface area contributed by atoms with Gasteiger partial charge in [-0.3, -0.25) is 4.79 Å². The fourth-order valence-electron chi connectivity index (χ4n) is 6.29. The number of ketones is 1. The number of Topliss-reactive ketones (excluding diaryl/α,β-unsaturated/α-hetero) is 1. The molecule has 10 atom stereocenters. The number of aliphatic hydroxyl groups excluding tert-OH is 2. The van der Waals surface area contributed by atoms with E-state index in [1.807, 2.05) is 0 Å². The van der Waals surface area contributed by atoms with Crippen LogP contribution in [0.3, 0.4) is 0 Å². The Kier molecular flexibility index (Phi) is 8.05. The molecule has 5 fully saturated rings. The summed E-state index contributed by atoms with van der Waals surface area (Å²) in [5.41, 5.74) is 1.15. The van der Waals surface area contributed by atoms with Gasteiger partial charge < -0.3 is 33.9 Å². The molecule has 0 aliphatic carbocycles. The van der Waals surface area contributed by atoms with Crippen LogP contribution in [-0.4, -0.2) is 90.8 Å². The minimum atomic E-state index is -1.07. The summed E-state index contributed by atoms with van der Waals surface area (Å²) in [6, 6.07) is 0. The minimum absolute atomic E-state index is 0.122. The maximum atomic E-state index is 12.5. The molecule has 5 aliphatic heterocycles. The van der Waals surface area contributed by atoms with Crippen molar-refractivity contribution in [2.45, 2.75) is 119 Å². The van der Waals surface area contributed by atoms with E-state index in [4.69, 9.17) is 23.7 Å². The molecule has 192 valence electrons. The molecular formula is C26H40O8. The first kappa shape index (κ1) is 24.8. The molecular weight excluding hydrogens is 440 g/mol. The second-order valence-electron chi connectivity index (χ2n) is 10.9. The number of hydrogen-bond donors (Lipinski definition) is 2. The highest BCUT2D eigenvalue weighted by atomic mass is 16.6. The molecule has 0 spiro atoms. The molecule has 8 nitrogen and oxygen atoms in total. The van der Waals surface area contributed by atoms with E-state index in [1.54, 1.807) is 0 Å². The van der Waals surface area contributed by atoms with E-state index < -0.39 is 24.4 Å². The van der Waals surface area contributed by atoms with Crippen molar-refractivity contribution in [1.29, 1.82) is 0 Å². The number of rotatable bonds is 8. The molecule has 0 aromatic heterocycles. The van der Waals surface area contributed by atoms with E-state index in [9.17, 15) is 15.0 Å². The van der Waals surface area contributed by atoms with Gasteiger partial charge in [0.25, 0.3) is 0 Å². The number of fused-ring (bicyclic) bond motifs is 1. The molecule has 5 saturated heterocycles. The smallest absolute Gasteiger partial charge is 0.135 e. The van der Waals surface area contributed by atoms with Gasteiger partial charge in [0.1, 0.15) is 30.2 Å². The number of ether oxygens (including phenoxy) is 5. The summed E-state index contributed by atoms with van der Waals surface area (Å²) in [6.45, 7) is 6.05. The summed E-state index contributed by atoms with van der Waals surface area (Å²) in [5.74, 6) is 0.497. The van der Waals surface area contributed by atoms with Crippen molar-refractivity contribution in [3.63, 3.8) is 0 Å². The van der Waals surface area contributed by atoms with Gasteiger partial charge in [-0.2, -0.15) is 0 Å². The highest BCUT2D eigenvalue weighted by molar-refractivity contribution is 5.79. The molecule has 0 bridgehead atoms. The van der Waals surface area contributed by atoms with E-state index in [0.29, 0.717) is 44.8 Å². The van der Waals surface area contributed by atoms with Crippen molar-refractivity contribution in [2.75, 3.05) is 19.8 Å². The van der Waals surface area contributed by atoms with Gasteiger partial charge in [-0.25, -0.2) is 0 Å². The SMILES string of the molecule is C=C1CO[C@@H](CC[C@@H]2CC[C@@H](C3O[C@H]4CC[C@H](CC(=O)C[C@@H]5CCOC5)OC4[C@H](O)[C@@H]3O)O2)C1. The third kappa shape index (κ3) is 5.75. The lowest BCUT2D eigenvalue weighted by Crippen LogP contribution is -2.63. The summed E-state index contributed by atoms with van der Waals surface area (Å²) in [6.07, 6.45) is 4.03. The lowest BCUT2D eigenvalue weighted by atomic mass is 9.86. The van der Waals surface area contributed by atoms with Crippen LogP contribution in [0, 0.1) is 5.92 Å². The lowest BCUT2D eigenvalue weighted by molar-refractivity contribution is -0.279. The Bertz CT molecular complexity index is 720. The van der Waals surface area contributed by atoms with Crippen LogP contribution >= 0.6 is 0 Å². The van der Waals surface area contributed by atoms with Crippen LogP contribution in [0.1, 0.15) is 64.2 Å². The van der Waals surface area contributed by atoms with E-state index in [-0.39, 0.29) is 36.3 Å². The molecule has 2 N–H and O–H groups in total. The summed E-state index contributed by atoms with van der Waals surface area (Å²) < 4.78 is 29.7. The largest absolute Gasteiger partial charge is 0.387 e. The normalized spacial score (nSPS) is 44.9. The Labute approximate surface area is 201 Å². The molecule has 5 aliphatic rings. The average molecular weight is 481 g/mol. The average Bonchev–Trinajstić information content (AvgIpc) is 3.58. The summed E-state index contributed by atoms with van der Waals surface area (Å²) >= 11 is 0. The first-order valence-corrected chi connectivity index (χ1v) is 13.2.